The minimum atomic E-state index is -0.635. The van der Waals surface area contributed by atoms with E-state index >= 15 is 0 Å². The Morgan fingerprint density at radius 1 is 1.06 bits per heavy atom. The molecule has 3 aromatic carbocycles. The Kier molecular flexibility index (Phi) is 7.97. The molecule has 1 saturated heterocycles. The molecule has 6 heteroatoms. The average molecular weight is 490 g/mol. The Balaban J connectivity index is 1.47. The maximum absolute atomic E-state index is 12.2. The summed E-state index contributed by atoms with van der Waals surface area (Å²) in [5.74, 6) is 0.841. The zero-order chi connectivity index (χ0) is 25.7. The van der Waals surface area contributed by atoms with E-state index in [0.717, 1.165) is 12.0 Å². The minimum absolute atomic E-state index is 0.105. The third-order valence-corrected chi connectivity index (χ3v) is 7.47. The molecular formula is C30H35NO5. The van der Waals surface area contributed by atoms with Gasteiger partial charge in [0.05, 0.1) is 19.8 Å². The van der Waals surface area contributed by atoms with Gasteiger partial charge >= 0.3 is 0 Å². The zero-order valence-electron chi connectivity index (χ0n) is 21.2. The Morgan fingerprint density at radius 2 is 1.75 bits per heavy atom. The van der Waals surface area contributed by atoms with Crippen LogP contribution in [0.1, 0.15) is 30.9 Å². The van der Waals surface area contributed by atoms with Gasteiger partial charge in [-0.1, -0.05) is 67.6 Å². The maximum Gasteiger partial charge on any atom is 0.248 e. The number of carbonyl (C=O) groups excluding carboxylic acids is 1. The molecule has 1 fully saturated rings. The number of methoxy groups -OCH3 is 1. The molecule has 0 radical (unpaired) electrons. The normalized spacial score (nSPS) is 20.2. The number of nitrogens with zero attached hydrogens (tertiary/aromatic N) is 1. The fourth-order valence-corrected chi connectivity index (χ4v) is 5.01. The van der Waals surface area contributed by atoms with Crippen molar-refractivity contribution in [3.05, 3.63) is 83.9 Å². The molecule has 6 nitrogen and oxygen atoms in total. The third-order valence-electron chi connectivity index (χ3n) is 7.47. The lowest BCUT2D eigenvalue weighted by molar-refractivity contribution is -0.133. The van der Waals surface area contributed by atoms with Gasteiger partial charge in [0, 0.05) is 30.8 Å². The van der Waals surface area contributed by atoms with Crippen LogP contribution in [0.15, 0.2) is 72.8 Å². The maximum atomic E-state index is 12.2. The Hall–Kier alpha value is -3.35. The van der Waals surface area contributed by atoms with Crippen LogP contribution in [0.2, 0.25) is 0 Å². The summed E-state index contributed by atoms with van der Waals surface area (Å²) in [4.78, 5) is 13.8. The minimum Gasteiger partial charge on any atom is -0.493 e. The van der Waals surface area contributed by atoms with Crippen molar-refractivity contribution in [2.45, 2.75) is 32.3 Å². The highest BCUT2D eigenvalue weighted by atomic mass is 16.5. The molecule has 2 N–H and O–H groups in total. The SMILES string of the molecule is COc1ccc(C2CN(C(=O)CO)CC2(C)C(C)O)cc1OCCc1ccc(-c2ccccc2)cc1. The second-order valence-corrected chi connectivity index (χ2v) is 9.74. The first kappa shape index (κ1) is 25.7. The van der Waals surface area contributed by atoms with Gasteiger partial charge in [0.25, 0.3) is 0 Å². The second-order valence-electron chi connectivity index (χ2n) is 9.74. The molecule has 190 valence electrons. The van der Waals surface area contributed by atoms with Gasteiger partial charge in [-0.05, 0) is 41.3 Å². The predicted octanol–water partition coefficient (Wildman–Crippen LogP) is 4.29. The van der Waals surface area contributed by atoms with Crippen molar-refractivity contribution in [1.82, 2.24) is 4.90 Å². The predicted molar refractivity (Wildman–Crippen MR) is 140 cm³/mol. The standard InChI is InChI=1S/C30H35NO5/c1-21(33)30(2)20-31(29(34)19-32)18-26(30)25-13-14-27(35-3)28(17-25)36-16-15-22-9-11-24(12-10-22)23-7-5-4-6-8-23/h4-14,17,21,26,32-33H,15-16,18-20H2,1-3H3. The van der Waals surface area contributed by atoms with Gasteiger partial charge in [0.1, 0.15) is 6.61 Å². The summed E-state index contributed by atoms with van der Waals surface area (Å²) in [5, 5.41) is 19.9. The number of benzene rings is 3. The van der Waals surface area contributed by atoms with Crippen LogP contribution in [0, 0.1) is 5.41 Å². The van der Waals surface area contributed by atoms with E-state index in [4.69, 9.17) is 9.47 Å². The number of ether oxygens (including phenoxy) is 2. The molecule has 1 aliphatic rings. The van der Waals surface area contributed by atoms with Gasteiger partial charge in [0.2, 0.25) is 5.91 Å². The van der Waals surface area contributed by atoms with Crippen LogP contribution < -0.4 is 9.47 Å². The molecule has 1 heterocycles. The lowest BCUT2D eigenvalue weighted by Gasteiger charge is -2.33. The summed E-state index contributed by atoms with van der Waals surface area (Å²) in [5.41, 5.74) is 3.98. The van der Waals surface area contributed by atoms with Gasteiger partial charge in [0.15, 0.2) is 11.5 Å². The van der Waals surface area contributed by atoms with Gasteiger partial charge in [-0.2, -0.15) is 0 Å². The summed E-state index contributed by atoms with van der Waals surface area (Å²) in [6.07, 6.45) is 0.111. The summed E-state index contributed by atoms with van der Waals surface area (Å²) < 4.78 is 11.7. The van der Waals surface area contributed by atoms with Gasteiger partial charge in [-0.3, -0.25) is 4.79 Å². The number of hydrogen-bond donors (Lipinski definition) is 2. The largest absolute Gasteiger partial charge is 0.493 e. The van der Waals surface area contributed by atoms with E-state index in [9.17, 15) is 15.0 Å². The van der Waals surface area contributed by atoms with Crippen LogP contribution in [0.5, 0.6) is 11.5 Å². The summed E-state index contributed by atoms with van der Waals surface area (Å²) in [6, 6.07) is 24.6. The molecule has 0 saturated carbocycles. The third kappa shape index (κ3) is 5.40. The first-order chi connectivity index (χ1) is 17.4. The van der Waals surface area contributed by atoms with Crippen LogP contribution in [-0.4, -0.2) is 60.5 Å². The van der Waals surface area contributed by atoms with E-state index in [1.54, 1.807) is 18.9 Å². The lowest BCUT2D eigenvalue weighted by atomic mass is 9.72. The number of carbonyl (C=O) groups is 1. The number of likely N-dealkylation sites (tertiary alicyclic amines) is 1. The van der Waals surface area contributed by atoms with Crippen molar-refractivity contribution in [2.24, 2.45) is 5.41 Å². The quantitative estimate of drug-likeness (QED) is 0.469. The molecule has 0 aromatic heterocycles. The molecule has 3 atom stereocenters. The van der Waals surface area contributed by atoms with Crippen LogP contribution in [0.4, 0.5) is 0 Å². The van der Waals surface area contributed by atoms with E-state index in [1.165, 1.54) is 16.7 Å². The van der Waals surface area contributed by atoms with Gasteiger partial charge < -0.3 is 24.6 Å². The fraction of sp³-hybridized carbons (Fsp3) is 0.367. The van der Waals surface area contributed by atoms with Crippen LogP contribution >= 0.6 is 0 Å². The Morgan fingerprint density at radius 3 is 2.39 bits per heavy atom. The summed E-state index contributed by atoms with van der Waals surface area (Å²) in [7, 11) is 1.61. The molecule has 0 bridgehead atoms. The summed E-state index contributed by atoms with van der Waals surface area (Å²) >= 11 is 0. The molecule has 4 rings (SSSR count). The molecule has 0 spiro atoms. The van der Waals surface area contributed by atoms with Crippen molar-refractivity contribution in [2.75, 3.05) is 33.4 Å². The zero-order valence-corrected chi connectivity index (χ0v) is 21.2. The number of amides is 1. The molecule has 1 amide bonds. The van der Waals surface area contributed by atoms with E-state index in [2.05, 4.69) is 36.4 Å². The van der Waals surface area contributed by atoms with Crippen molar-refractivity contribution in [3.8, 4) is 22.6 Å². The highest BCUT2D eigenvalue weighted by Gasteiger charge is 2.48. The van der Waals surface area contributed by atoms with E-state index in [0.29, 0.717) is 31.2 Å². The number of rotatable bonds is 9. The van der Waals surface area contributed by atoms with E-state index < -0.39 is 18.1 Å². The monoisotopic (exact) mass is 489 g/mol. The Bertz CT molecular complexity index is 1160. The lowest BCUT2D eigenvalue weighted by Crippen LogP contribution is -2.38. The van der Waals surface area contributed by atoms with Gasteiger partial charge in [-0.15, -0.1) is 0 Å². The fourth-order valence-electron chi connectivity index (χ4n) is 5.01. The van der Waals surface area contributed by atoms with E-state index in [1.807, 2.05) is 43.3 Å². The van der Waals surface area contributed by atoms with Crippen LogP contribution in [0.25, 0.3) is 11.1 Å². The van der Waals surface area contributed by atoms with Crippen molar-refractivity contribution < 1.29 is 24.5 Å². The molecule has 36 heavy (non-hydrogen) atoms. The number of aliphatic hydroxyl groups is 2. The summed E-state index contributed by atoms with van der Waals surface area (Å²) in [6.45, 7) is 4.50. The van der Waals surface area contributed by atoms with Gasteiger partial charge in [-0.25, -0.2) is 0 Å². The van der Waals surface area contributed by atoms with Crippen molar-refractivity contribution in [1.29, 1.82) is 0 Å². The van der Waals surface area contributed by atoms with E-state index in [-0.39, 0.29) is 11.8 Å². The van der Waals surface area contributed by atoms with Crippen LogP contribution in [-0.2, 0) is 11.2 Å². The average Bonchev–Trinajstić information content (AvgIpc) is 3.28. The number of aliphatic hydroxyl groups excluding tert-OH is 2. The highest BCUT2D eigenvalue weighted by molar-refractivity contribution is 5.77. The Labute approximate surface area is 213 Å². The smallest absolute Gasteiger partial charge is 0.248 e. The highest BCUT2D eigenvalue weighted by Crippen LogP contribution is 2.46. The first-order valence-electron chi connectivity index (χ1n) is 12.4. The first-order valence-corrected chi connectivity index (χ1v) is 12.4. The molecular weight excluding hydrogens is 454 g/mol. The van der Waals surface area contributed by atoms with Crippen molar-refractivity contribution in [3.63, 3.8) is 0 Å². The molecule has 1 aliphatic heterocycles. The second kappa shape index (κ2) is 11.1. The molecule has 3 unspecified atom stereocenters. The molecule has 3 aromatic rings. The van der Waals surface area contributed by atoms with Crippen LogP contribution in [0.3, 0.4) is 0 Å². The topological polar surface area (TPSA) is 79.2 Å². The number of hydrogen-bond acceptors (Lipinski definition) is 5. The molecule has 0 aliphatic carbocycles. The van der Waals surface area contributed by atoms with Crippen molar-refractivity contribution >= 4 is 5.91 Å².